The molecule has 0 fully saturated rings. The lowest BCUT2D eigenvalue weighted by Gasteiger charge is -2.46. The molecule has 0 radical (unpaired) electrons. The van der Waals surface area contributed by atoms with Crippen molar-refractivity contribution >= 4 is 33.8 Å². The molecule has 29 heteroatoms. The van der Waals surface area contributed by atoms with Gasteiger partial charge >= 0.3 is 49.4 Å². The summed E-state index contributed by atoms with van der Waals surface area (Å²) in [5.41, 5.74) is -29.5. The van der Waals surface area contributed by atoms with Crippen LogP contribution in [0.25, 0.3) is 0 Å². The van der Waals surface area contributed by atoms with Crippen LogP contribution >= 0.6 is 0 Å². The molecule has 0 spiro atoms. The Morgan fingerprint density at radius 2 is 0.635 bits per heavy atom. The van der Waals surface area contributed by atoms with Crippen molar-refractivity contribution in [2.45, 2.75) is 56.0 Å². The van der Waals surface area contributed by atoms with E-state index in [2.05, 4.69) is 4.98 Å². The Kier molecular flexibility index (Phi) is 15.7. The first-order valence-corrected chi connectivity index (χ1v) is 19.9. The number of benzene rings is 5. The predicted octanol–water partition coefficient (Wildman–Crippen LogP) is 12.5. The molecule has 1 heterocycles. The molecule has 398 valence electrons. The zero-order valence-corrected chi connectivity index (χ0v) is 36.1. The van der Waals surface area contributed by atoms with Crippen molar-refractivity contribution in [3.63, 3.8) is 0 Å². The van der Waals surface area contributed by atoms with E-state index in [1.807, 2.05) is 0 Å². The van der Waals surface area contributed by atoms with Gasteiger partial charge in [0, 0.05) is 5.56 Å². The second-order valence-electron chi connectivity index (χ2n) is 15.8. The highest BCUT2D eigenvalue weighted by Gasteiger charge is 2.47. The van der Waals surface area contributed by atoms with E-state index in [0.29, 0.717) is 12.1 Å². The molecule has 0 aliphatic carbocycles. The Morgan fingerprint density at radius 3 is 0.838 bits per heavy atom. The van der Waals surface area contributed by atoms with Crippen LogP contribution in [0.1, 0.15) is 54.9 Å². The summed E-state index contributed by atoms with van der Waals surface area (Å²) < 4.78 is 348. The van der Waals surface area contributed by atoms with E-state index in [4.69, 9.17) is 4.74 Å². The standard InChI is InChI=1S/C32H12BF24.C13H13N2O2/c34-25(35,36)13-1-14(26(37,38)39)6-21(5-13)33(22-7-15(27(40,41)42)2-16(8-22)28(43,44)45,23-9-17(29(46,47)48)3-18(10-23)30(49,50)51)24-11-19(31(52,53)54)4-20(12-24)32(55,56)57;1-17-12-4-2-11(3-5-12)13(16)10-15-8-6-14-7-9-15/h1-12H;2-9H,10H2,1H3/q-1;+1. The fraction of sp³-hybridized carbons (Fsp3) is 0.222. The quantitative estimate of drug-likeness (QED) is 0.0660. The minimum Gasteiger partial charge on any atom is -0.497 e. The van der Waals surface area contributed by atoms with Crippen LogP contribution in [-0.2, 0) is 56.0 Å². The number of aromatic nitrogens is 2. The maximum Gasteiger partial charge on any atom is 0.416 e. The maximum absolute atomic E-state index is 14.2. The van der Waals surface area contributed by atoms with Crippen molar-refractivity contribution in [3.8, 4) is 5.75 Å². The normalized spacial score (nSPS) is 13.3. The Hall–Kier alpha value is -6.97. The first-order chi connectivity index (χ1) is 33.6. The minimum absolute atomic E-state index is 0.0591. The van der Waals surface area contributed by atoms with E-state index >= 15 is 0 Å². The highest BCUT2D eigenvalue weighted by Crippen LogP contribution is 2.41. The van der Waals surface area contributed by atoms with Gasteiger partial charge in [-0.25, -0.2) is 0 Å². The molecule has 0 bridgehead atoms. The van der Waals surface area contributed by atoms with Gasteiger partial charge in [0.05, 0.1) is 64.0 Å². The van der Waals surface area contributed by atoms with Crippen LogP contribution in [0.2, 0.25) is 0 Å². The van der Waals surface area contributed by atoms with Gasteiger partial charge in [0.1, 0.15) is 11.9 Å². The molecule has 0 unspecified atom stereocenters. The van der Waals surface area contributed by atoms with Crippen molar-refractivity contribution in [2.24, 2.45) is 0 Å². The third-order valence-electron chi connectivity index (χ3n) is 10.9. The van der Waals surface area contributed by atoms with Crippen molar-refractivity contribution in [1.82, 2.24) is 4.98 Å². The van der Waals surface area contributed by atoms with Gasteiger partial charge in [0.2, 0.25) is 12.3 Å². The molecule has 0 aliphatic heterocycles. The van der Waals surface area contributed by atoms with Crippen LogP contribution < -0.4 is 31.2 Å². The Balaban J connectivity index is 0.000000500. The van der Waals surface area contributed by atoms with Crippen LogP contribution in [0.15, 0.2) is 122 Å². The van der Waals surface area contributed by atoms with Crippen LogP contribution in [0, 0.1) is 0 Å². The molecule has 0 saturated carbocycles. The minimum atomic E-state index is -6.13. The molecule has 6 aromatic rings. The molecule has 1 aromatic heterocycles. The Labute approximate surface area is 398 Å². The summed E-state index contributed by atoms with van der Waals surface area (Å²) >= 11 is 0. The summed E-state index contributed by atoms with van der Waals surface area (Å²) in [5.74, 6) is 0.807. The molecule has 4 nitrogen and oxygen atoms in total. The summed E-state index contributed by atoms with van der Waals surface area (Å²) in [4.78, 5) is 15.8. The molecule has 0 saturated heterocycles. The number of Topliss-reactive ketones (excluding diaryl/α,β-unsaturated/α-hetero) is 1. The highest BCUT2D eigenvalue weighted by molar-refractivity contribution is 7.20. The van der Waals surface area contributed by atoms with Crippen LogP contribution in [0.3, 0.4) is 0 Å². The molecule has 74 heavy (non-hydrogen) atoms. The van der Waals surface area contributed by atoms with Gasteiger partial charge in [0.15, 0.2) is 12.4 Å². The number of rotatable bonds is 8. The van der Waals surface area contributed by atoms with Gasteiger partial charge in [-0.3, -0.25) is 9.78 Å². The highest BCUT2D eigenvalue weighted by atomic mass is 19.4. The van der Waals surface area contributed by atoms with Crippen LogP contribution in [0.5, 0.6) is 5.75 Å². The molecule has 6 rings (SSSR count). The van der Waals surface area contributed by atoms with E-state index in [1.54, 1.807) is 60.7 Å². The number of hydrogen-bond donors (Lipinski definition) is 0. The van der Waals surface area contributed by atoms with Crippen molar-refractivity contribution in [3.05, 3.63) is 172 Å². The molecule has 0 N–H and O–H groups in total. The van der Waals surface area contributed by atoms with Crippen molar-refractivity contribution in [2.75, 3.05) is 7.11 Å². The fourth-order valence-electron chi connectivity index (χ4n) is 7.56. The maximum atomic E-state index is 14.2. The molecule has 0 aliphatic rings. The summed E-state index contributed by atoms with van der Waals surface area (Å²) in [7, 11) is 1.60. The number of halogens is 24. The SMILES string of the molecule is COc1ccc(C(=O)C[n+]2ccncc2)cc1.FC(F)(F)c1cc([B-](c2cc(C(F)(F)F)cc(C(F)(F)F)c2)(c2cc(C(F)(F)F)cc(C(F)(F)F)c2)c2cc(C(F)(F)F)cc(C(F)(F)F)c2)cc(C(F)(F)F)c1. The van der Waals surface area contributed by atoms with Crippen LogP contribution in [-0.4, -0.2) is 24.0 Å². The second-order valence-corrected chi connectivity index (χ2v) is 15.8. The number of alkyl halides is 24. The predicted molar refractivity (Wildman–Crippen MR) is 212 cm³/mol. The summed E-state index contributed by atoms with van der Waals surface area (Å²) in [6.07, 6.45) is -48.0. The summed E-state index contributed by atoms with van der Waals surface area (Å²) in [6.45, 7) is 0.314. The smallest absolute Gasteiger partial charge is 0.416 e. The average molecular weight is 1090 g/mol. The number of methoxy groups -OCH3 is 1. The second kappa shape index (κ2) is 20.0. The van der Waals surface area contributed by atoms with Crippen LogP contribution in [0.4, 0.5) is 105 Å². The first kappa shape index (κ1) is 57.9. The van der Waals surface area contributed by atoms with E-state index in [9.17, 15) is 110 Å². The topological polar surface area (TPSA) is 43.1 Å². The third kappa shape index (κ3) is 13.4. The number of hydrogen-bond acceptors (Lipinski definition) is 3. The van der Waals surface area contributed by atoms with Gasteiger partial charge in [0.25, 0.3) is 0 Å². The molecular formula is C45H25BF24N2O2. The van der Waals surface area contributed by atoms with E-state index in [0.717, 1.165) is 5.75 Å². The molecule has 5 aromatic carbocycles. The molecular weight excluding hydrogens is 1070 g/mol. The van der Waals surface area contributed by atoms with Gasteiger partial charge in [-0.2, -0.15) is 132 Å². The number of ether oxygens (including phenoxy) is 1. The lowest BCUT2D eigenvalue weighted by molar-refractivity contribution is -0.683. The van der Waals surface area contributed by atoms with Gasteiger partial charge < -0.3 is 4.74 Å². The zero-order chi connectivity index (χ0) is 56.0. The molecule has 0 atom stereocenters. The van der Waals surface area contributed by atoms with Crippen molar-refractivity contribution in [1.29, 1.82) is 0 Å². The fourth-order valence-corrected chi connectivity index (χ4v) is 7.56. The van der Waals surface area contributed by atoms with E-state index in [-0.39, 0.29) is 5.78 Å². The van der Waals surface area contributed by atoms with Gasteiger partial charge in [-0.1, -0.05) is 48.5 Å². The lowest BCUT2D eigenvalue weighted by atomic mass is 9.12. The summed E-state index contributed by atoms with van der Waals surface area (Å²) in [6, 6.07) is -1.71. The van der Waals surface area contributed by atoms with Gasteiger partial charge in [-0.05, 0) is 48.5 Å². The van der Waals surface area contributed by atoms with Gasteiger partial charge in [-0.15, -0.1) is 0 Å². The number of carbonyl (C=O) groups is 1. The molecule has 0 amide bonds. The Morgan fingerprint density at radius 1 is 0.405 bits per heavy atom. The van der Waals surface area contributed by atoms with E-state index in [1.165, 1.54) is 0 Å². The van der Waals surface area contributed by atoms with Crippen molar-refractivity contribution < 1.29 is 119 Å². The summed E-state index contributed by atoms with van der Waals surface area (Å²) in [5, 5.41) is 0. The Bertz CT molecular complexity index is 2530. The first-order valence-electron chi connectivity index (χ1n) is 19.9. The number of ketones is 1. The largest absolute Gasteiger partial charge is 0.497 e. The average Bonchev–Trinajstić information content (AvgIpc) is 3.27. The lowest BCUT2D eigenvalue weighted by Crippen LogP contribution is -2.75. The number of nitrogens with zero attached hydrogens (tertiary/aromatic N) is 2. The number of carbonyl (C=O) groups excluding carboxylic acids is 1. The monoisotopic (exact) mass is 1090 g/mol. The van der Waals surface area contributed by atoms with E-state index < -0.39 is 195 Å². The zero-order valence-electron chi connectivity index (χ0n) is 36.1. The third-order valence-corrected chi connectivity index (χ3v) is 10.9.